The Bertz CT molecular complexity index is 478. The molecule has 0 bridgehead atoms. The van der Waals surface area contributed by atoms with Crippen LogP contribution in [0.2, 0.25) is 0 Å². The summed E-state index contributed by atoms with van der Waals surface area (Å²) >= 11 is 0. The van der Waals surface area contributed by atoms with Crippen LogP contribution in [0.3, 0.4) is 0 Å². The molecule has 1 aliphatic heterocycles. The summed E-state index contributed by atoms with van der Waals surface area (Å²) in [5.74, 6) is -0.191. The van der Waals surface area contributed by atoms with Gasteiger partial charge in [0.05, 0.1) is 6.54 Å². The van der Waals surface area contributed by atoms with E-state index in [1.165, 1.54) is 81.9 Å². The summed E-state index contributed by atoms with van der Waals surface area (Å²) in [7, 11) is -4.33. The van der Waals surface area contributed by atoms with Gasteiger partial charge in [-0.3, -0.25) is 4.79 Å². The molecule has 0 aromatic carbocycles. The Kier molecular flexibility index (Phi) is 12.2. The summed E-state index contributed by atoms with van der Waals surface area (Å²) in [4.78, 5) is 12.9. The molecule has 0 aliphatic carbocycles. The fourth-order valence-corrected chi connectivity index (χ4v) is 4.19. The molecule has 1 saturated heterocycles. The molecule has 154 valence electrons. The molecule has 1 atom stereocenters. The van der Waals surface area contributed by atoms with E-state index >= 15 is 0 Å². The first kappa shape index (κ1) is 23.4. The highest BCUT2D eigenvalue weighted by Gasteiger charge is 2.42. The maximum Gasteiger partial charge on any atom is 0.223 e. The summed E-state index contributed by atoms with van der Waals surface area (Å²) in [6, 6.07) is 0. The Labute approximate surface area is 160 Å². The molecule has 0 spiro atoms. The van der Waals surface area contributed by atoms with Gasteiger partial charge in [0.1, 0.15) is 15.5 Å². The van der Waals surface area contributed by atoms with Crippen molar-refractivity contribution >= 4 is 16.0 Å². The first-order chi connectivity index (χ1) is 12.5. The van der Waals surface area contributed by atoms with Gasteiger partial charge in [-0.1, -0.05) is 96.8 Å². The number of hydrogen-bond donors (Lipinski definition) is 0. The van der Waals surface area contributed by atoms with Crippen molar-refractivity contribution in [2.75, 3.05) is 6.54 Å². The van der Waals surface area contributed by atoms with Crippen LogP contribution in [-0.2, 0) is 14.9 Å². The number of carbonyl (C=O) groups is 1. The summed E-state index contributed by atoms with van der Waals surface area (Å²) in [5.41, 5.74) is 0. The van der Waals surface area contributed by atoms with E-state index in [9.17, 15) is 17.8 Å². The molecule has 1 amide bonds. The highest BCUT2D eigenvalue weighted by Crippen LogP contribution is 2.24. The molecule has 26 heavy (non-hydrogen) atoms. The van der Waals surface area contributed by atoms with Crippen molar-refractivity contribution in [1.29, 1.82) is 0 Å². The van der Waals surface area contributed by atoms with Crippen LogP contribution >= 0.6 is 0 Å². The van der Waals surface area contributed by atoms with Crippen LogP contribution in [-0.4, -0.2) is 35.7 Å². The largest absolute Gasteiger partial charge is 0.746 e. The van der Waals surface area contributed by atoms with Crippen molar-refractivity contribution in [3.05, 3.63) is 0 Å². The van der Waals surface area contributed by atoms with Gasteiger partial charge >= 0.3 is 0 Å². The van der Waals surface area contributed by atoms with Gasteiger partial charge in [-0.2, -0.15) is 0 Å². The lowest BCUT2D eigenvalue weighted by molar-refractivity contribution is -0.126. The molecule has 1 rings (SSSR count). The second-order valence-electron chi connectivity index (χ2n) is 7.69. The Hall–Kier alpha value is -0.620. The second kappa shape index (κ2) is 13.5. The molecular weight excluding hydrogens is 350 g/mol. The zero-order chi connectivity index (χ0) is 19.3. The van der Waals surface area contributed by atoms with Gasteiger partial charge in [-0.15, -0.1) is 0 Å². The molecular formula is C20H38NO4S-. The summed E-state index contributed by atoms with van der Waals surface area (Å²) in [5, 5.41) is -1.09. The maximum absolute atomic E-state index is 11.7. The predicted molar refractivity (Wildman–Crippen MR) is 105 cm³/mol. The highest BCUT2D eigenvalue weighted by atomic mass is 32.2. The minimum absolute atomic E-state index is 0.0867. The lowest BCUT2D eigenvalue weighted by Gasteiger charge is -2.07. The van der Waals surface area contributed by atoms with Crippen LogP contribution in [0.1, 0.15) is 110 Å². The number of unbranched alkanes of at least 4 members (excludes halogenated alkanes) is 14. The molecule has 0 aromatic heterocycles. The third-order valence-corrected chi connectivity index (χ3v) is 6.28. The third kappa shape index (κ3) is 11.2. The van der Waals surface area contributed by atoms with Gasteiger partial charge < -0.3 is 9.45 Å². The number of nitrogens with zero attached hydrogens (tertiary/aromatic N) is 1. The highest BCUT2D eigenvalue weighted by molar-refractivity contribution is 7.86. The molecule has 1 aliphatic rings. The van der Waals surface area contributed by atoms with Crippen LogP contribution in [0.25, 0.3) is 0 Å². The molecule has 5 nitrogen and oxygen atoms in total. The number of amides is 1. The third-order valence-electron chi connectivity index (χ3n) is 5.21. The average Bonchev–Trinajstić information content (AvgIpc) is 3.39. The summed E-state index contributed by atoms with van der Waals surface area (Å²) < 4.78 is 32.3. The molecule has 1 heterocycles. The van der Waals surface area contributed by atoms with Gasteiger partial charge in [0.25, 0.3) is 0 Å². The van der Waals surface area contributed by atoms with Crippen molar-refractivity contribution < 1.29 is 17.8 Å². The average molecular weight is 389 g/mol. The molecule has 6 heteroatoms. The van der Waals surface area contributed by atoms with E-state index in [1.54, 1.807) is 0 Å². The molecule has 0 N–H and O–H groups in total. The number of rotatable bonds is 17. The quantitative estimate of drug-likeness (QED) is 0.200. The summed E-state index contributed by atoms with van der Waals surface area (Å²) in [6.07, 6.45) is 19.5. The van der Waals surface area contributed by atoms with E-state index in [4.69, 9.17) is 0 Å². The standard InChI is InChI=1S/C20H39NO4S/c1-2-3-4-5-6-7-8-9-10-11-12-13-14-15-16-17-19(22)21-18-20(21)26(23,24)25/h20H,2-18H2,1H3,(H,23,24,25)/p-1. The van der Waals surface area contributed by atoms with E-state index < -0.39 is 15.5 Å². The smallest absolute Gasteiger partial charge is 0.223 e. The molecule has 1 unspecified atom stereocenters. The maximum atomic E-state index is 11.7. The minimum Gasteiger partial charge on any atom is -0.746 e. The Balaban J connectivity index is 1.78. The first-order valence-corrected chi connectivity index (χ1v) is 12.2. The first-order valence-electron chi connectivity index (χ1n) is 10.7. The zero-order valence-electron chi connectivity index (χ0n) is 16.6. The number of carbonyl (C=O) groups excluding carboxylic acids is 1. The van der Waals surface area contributed by atoms with Gasteiger partial charge in [0, 0.05) is 6.42 Å². The fraction of sp³-hybridized carbons (Fsp3) is 0.950. The molecule has 0 radical (unpaired) electrons. The van der Waals surface area contributed by atoms with Crippen LogP contribution in [0.15, 0.2) is 0 Å². The van der Waals surface area contributed by atoms with E-state index in [0.29, 0.717) is 6.42 Å². The summed E-state index contributed by atoms with van der Waals surface area (Å²) in [6.45, 7) is 2.34. The van der Waals surface area contributed by atoms with Gasteiger partial charge in [0.2, 0.25) is 5.91 Å². The van der Waals surface area contributed by atoms with Crippen LogP contribution < -0.4 is 0 Å². The van der Waals surface area contributed by atoms with E-state index in [1.807, 2.05) is 0 Å². The normalized spacial score (nSPS) is 16.8. The predicted octanol–water partition coefficient (Wildman–Crippen LogP) is 4.96. The second-order valence-corrected chi connectivity index (χ2v) is 9.22. The Morgan fingerprint density at radius 2 is 1.19 bits per heavy atom. The van der Waals surface area contributed by atoms with Crippen molar-refractivity contribution in [2.45, 2.75) is 115 Å². The molecule has 1 fully saturated rings. The minimum atomic E-state index is -4.33. The Morgan fingerprint density at radius 1 is 0.808 bits per heavy atom. The molecule has 0 aromatic rings. The SMILES string of the molecule is CCCCCCCCCCCCCCCCCC(=O)N1CC1S(=O)(=O)[O-]. The van der Waals surface area contributed by atoms with E-state index in [2.05, 4.69) is 6.92 Å². The van der Waals surface area contributed by atoms with Crippen molar-refractivity contribution in [2.24, 2.45) is 0 Å². The molecule has 0 saturated carbocycles. The van der Waals surface area contributed by atoms with Gasteiger partial charge in [-0.25, -0.2) is 8.42 Å². The lowest BCUT2D eigenvalue weighted by Crippen LogP contribution is -2.18. The van der Waals surface area contributed by atoms with Crippen molar-refractivity contribution in [1.82, 2.24) is 4.90 Å². The monoisotopic (exact) mass is 388 g/mol. The Morgan fingerprint density at radius 3 is 1.54 bits per heavy atom. The van der Waals surface area contributed by atoms with Crippen LogP contribution in [0.5, 0.6) is 0 Å². The van der Waals surface area contributed by atoms with Crippen LogP contribution in [0.4, 0.5) is 0 Å². The van der Waals surface area contributed by atoms with Gasteiger partial charge in [0.15, 0.2) is 0 Å². The topological polar surface area (TPSA) is 77.3 Å². The fourth-order valence-electron chi connectivity index (χ4n) is 3.42. The zero-order valence-corrected chi connectivity index (χ0v) is 17.4. The van der Waals surface area contributed by atoms with E-state index in [0.717, 1.165) is 19.3 Å². The van der Waals surface area contributed by atoms with Crippen molar-refractivity contribution in [3.8, 4) is 0 Å². The van der Waals surface area contributed by atoms with Gasteiger partial charge in [-0.05, 0) is 6.42 Å². The van der Waals surface area contributed by atoms with Crippen molar-refractivity contribution in [3.63, 3.8) is 0 Å². The number of hydrogen-bond acceptors (Lipinski definition) is 4. The lowest BCUT2D eigenvalue weighted by atomic mass is 10.0. The van der Waals surface area contributed by atoms with E-state index in [-0.39, 0.29) is 12.5 Å². The van der Waals surface area contributed by atoms with Crippen LogP contribution in [0, 0.1) is 0 Å².